The van der Waals surface area contributed by atoms with Gasteiger partial charge in [-0.05, 0) is 20.3 Å². The van der Waals surface area contributed by atoms with Crippen molar-refractivity contribution >= 4 is 11.9 Å². The van der Waals surface area contributed by atoms with Crippen molar-refractivity contribution in [3.8, 4) is 0 Å². The van der Waals surface area contributed by atoms with Crippen LogP contribution in [-0.4, -0.2) is 35.9 Å². The number of esters is 1. The second-order valence-corrected chi connectivity index (χ2v) is 3.58. The normalized spacial score (nSPS) is 14.2. The van der Waals surface area contributed by atoms with Crippen LogP contribution in [0.25, 0.3) is 0 Å². The number of hydrogen-bond donors (Lipinski definition) is 1. The van der Waals surface area contributed by atoms with Crippen LogP contribution < -0.4 is 0 Å². The number of carbonyl (C=O) groups excluding carboxylic acids is 1. The monoisotopic (exact) mass is 232 g/mol. The van der Waals surface area contributed by atoms with Crippen molar-refractivity contribution in [2.45, 2.75) is 52.2 Å². The first kappa shape index (κ1) is 14.9. The van der Waals surface area contributed by atoms with Crippen molar-refractivity contribution in [1.82, 2.24) is 0 Å². The Kier molecular flexibility index (Phi) is 7.54. The smallest absolute Gasteiger partial charge is 0.336 e. The lowest BCUT2D eigenvalue weighted by atomic mass is 10.2. The van der Waals surface area contributed by atoms with Crippen LogP contribution in [0.1, 0.15) is 40.0 Å². The van der Waals surface area contributed by atoms with Crippen molar-refractivity contribution in [2.24, 2.45) is 0 Å². The van der Waals surface area contributed by atoms with Gasteiger partial charge < -0.3 is 14.6 Å². The highest BCUT2D eigenvalue weighted by Gasteiger charge is 2.24. The fourth-order valence-corrected chi connectivity index (χ4v) is 1.31. The third kappa shape index (κ3) is 6.40. The lowest BCUT2D eigenvalue weighted by molar-refractivity contribution is -0.166. The molecule has 0 saturated carbocycles. The van der Waals surface area contributed by atoms with Crippen LogP contribution in [0, 0.1) is 0 Å². The molecule has 0 aliphatic carbocycles. The number of hydrogen-bond acceptors (Lipinski definition) is 4. The first-order valence-electron chi connectivity index (χ1n) is 5.55. The van der Waals surface area contributed by atoms with Crippen LogP contribution in [-0.2, 0) is 19.1 Å². The molecule has 0 aromatic heterocycles. The molecule has 0 heterocycles. The molecule has 0 aromatic carbocycles. The molecule has 0 amide bonds. The lowest BCUT2D eigenvalue weighted by Gasteiger charge is -2.17. The van der Waals surface area contributed by atoms with Crippen LogP contribution >= 0.6 is 0 Å². The van der Waals surface area contributed by atoms with E-state index in [1.54, 1.807) is 13.8 Å². The summed E-state index contributed by atoms with van der Waals surface area (Å²) in [5, 5.41) is 8.61. The zero-order valence-corrected chi connectivity index (χ0v) is 10.1. The van der Waals surface area contributed by atoms with Crippen molar-refractivity contribution in [3.05, 3.63) is 0 Å². The van der Waals surface area contributed by atoms with Crippen LogP contribution in [0.4, 0.5) is 0 Å². The number of carbonyl (C=O) groups is 2. The Bertz CT molecular complexity index is 226. The van der Waals surface area contributed by atoms with E-state index in [0.29, 0.717) is 0 Å². The number of carboxylic acid groups (broad SMARTS) is 1. The van der Waals surface area contributed by atoms with E-state index in [0.717, 1.165) is 12.8 Å². The number of aliphatic carboxylic acids is 1. The molecular weight excluding hydrogens is 212 g/mol. The minimum absolute atomic E-state index is 0.200. The van der Waals surface area contributed by atoms with E-state index in [9.17, 15) is 9.59 Å². The van der Waals surface area contributed by atoms with Gasteiger partial charge >= 0.3 is 11.9 Å². The highest BCUT2D eigenvalue weighted by Crippen LogP contribution is 2.07. The SMILES string of the molecule is CCCC(C)OC(=O)C(CC(=O)O)OCC. The third-order valence-corrected chi connectivity index (χ3v) is 2.00. The molecule has 0 aliphatic rings. The zero-order valence-electron chi connectivity index (χ0n) is 10.1. The van der Waals surface area contributed by atoms with Crippen LogP contribution in [0.2, 0.25) is 0 Å². The van der Waals surface area contributed by atoms with E-state index in [2.05, 4.69) is 0 Å². The average Bonchev–Trinajstić information content (AvgIpc) is 2.16. The van der Waals surface area contributed by atoms with E-state index in [1.807, 2.05) is 6.92 Å². The Balaban J connectivity index is 4.20. The maximum atomic E-state index is 11.5. The predicted molar refractivity (Wildman–Crippen MR) is 58.1 cm³/mol. The van der Waals surface area contributed by atoms with Crippen molar-refractivity contribution in [3.63, 3.8) is 0 Å². The Morgan fingerprint density at radius 2 is 1.94 bits per heavy atom. The number of ether oxygens (including phenoxy) is 2. The molecule has 5 nitrogen and oxygen atoms in total. The van der Waals surface area contributed by atoms with Gasteiger partial charge in [0, 0.05) is 6.61 Å². The first-order valence-corrected chi connectivity index (χ1v) is 5.55. The van der Waals surface area contributed by atoms with Crippen LogP contribution in [0.5, 0.6) is 0 Å². The zero-order chi connectivity index (χ0) is 12.6. The number of carboxylic acids is 1. The first-order chi connectivity index (χ1) is 7.51. The van der Waals surface area contributed by atoms with Crippen LogP contribution in [0.15, 0.2) is 0 Å². The standard InChI is InChI=1S/C11H20O5/c1-4-6-8(3)16-11(14)9(15-5-2)7-10(12)13/h8-9H,4-7H2,1-3H3,(H,12,13). The van der Waals surface area contributed by atoms with Gasteiger partial charge in [-0.25, -0.2) is 4.79 Å². The Morgan fingerprint density at radius 3 is 2.38 bits per heavy atom. The van der Waals surface area contributed by atoms with Gasteiger partial charge in [-0.1, -0.05) is 13.3 Å². The molecular formula is C11H20O5. The molecule has 5 heteroatoms. The van der Waals surface area contributed by atoms with Gasteiger partial charge in [0.15, 0.2) is 6.10 Å². The Hall–Kier alpha value is -1.10. The predicted octanol–water partition coefficient (Wildman–Crippen LogP) is 1.60. The molecule has 2 atom stereocenters. The molecule has 2 unspecified atom stereocenters. The van der Waals surface area contributed by atoms with Gasteiger partial charge in [0.1, 0.15) is 0 Å². The highest BCUT2D eigenvalue weighted by molar-refractivity contribution is 5.81. The average molecular weight is 232 g/mol. The van der Waals surface area contributed by atoms with E-state index in [-0.39, 0.29) is 19.1 Å². The van der Waals surface area contributed by atoms with Gasteiger partial charge in [-0.2, -0.15) is 0 Å². The van der Waals surface area contributed by atoms with Gasteiger partial charge in [-0.3, -0.25) is 4.79 Å². The van der Waals surface area contributed by atoms with E-state index < -0.39 is 18.0 Å². The van der Waals surface area contributed by atoms with E-state index in [4.69, 9.17) is 14.6 Å². The lowest BCUT2D eigenvalue weighted by Crippen LogP contribution is -2.31. The maximum absolute atomic E-state index is 11.5. The van der Waals surface area contributed by atoms with Crippen molar-refractivity contribution in [1.29, 1.82) is 0 Å². The van der Waals surface area contributed by atoms with Gasteiger partial charge in [0.05, 0.1) is 12.5 Å². The summed E-state index contributed by atoms with van der Waals surface area (Å²) >= 11 is 0. The Labute approximate surface area is 95.7 Å². The summed E-state index contributed by atoms with van der Waals surface area (Å²) in [7, 11) is 0. The Morgan fingerprint density at radius 1 is 1.31 bits per heavy atom. The van der Waals surface area contributed by atoms with Crippen LogP contribution in [0.3, 0.4) is 0 Å². The molecule has 0 radical (unpaired) electrons. The minimum Gasteiger partial charge on any atom is -0.481 e. The quantitative estimate of drug-likeness (QED) is 0.643. The molecule has 0 saturated heterocycles. The largest absolute Gasteiger partial charge is 0.481 e. The van der Waals surface area contributed by atoms with Gasteiger partial charge in [0.2, 0.25) is 0 Å². The summed E-state index contributed by atoms with van der Waals surface area (Å²) < 4.78 is 10.1. The highest BCUT2D eigenvalue weighted by atomic mass is 16.6. The maximum Gasteiger partial charge on any atom is 0.336 e. The second kappa shape index (κ2) is 8.10. The topological polar surface area (TPSA) is 72.8 Å². The molecule has 0 fully saturated rings. The molecule has 0 aromatic rings. The molecule has 1 N–H and O–H groups in total. The minimum atomic E-state index is -1.07. The summed E-state index contributed by atoms with van der Waals surface area (Å²) in [5.41, 5.74) is 0. The summed E-state index contributed by atoms with van der Waals surface area (Å²) in [6, 6.07) is 0. The summed E-state index contributed by atoms with van der Waals surface area (Å²) in [6.07, 6.45) is 0.117. The summed E-state index contributed by atoms with van der Waals surface area (Å²) in [6.45, 7) is 5.76. The summed E-state index contributed by atoms with van der Waals surface area (Å²) in [4.78, 5) is 22.1. The third-order valence-electron chi connectivity index (χ3n) is 2.00. The molecule has 0 spiro atoms. The van der Waals surface area contributed by atoms with Crippen molar-refractivity contribution in [2.75, 3.05) is 6.61 Å². The molecule has 94 valence electrons. The fraction of sp³-hybridized carbons (Fsp3) is 0.818. The molecule has 0 aliphatic heterocycles. The van der Waals surface area contributed by atoms with Gasteiger partial charge in [0.25, 0.3) is 0 Å². The van der Waals surface area contributed by atoms with E-state index >= 15 is 0 Å². The second-order valence-electron chi connectivity index (χ2n) is 3.58. The number of rotatable bonds is 8. The van der Waals surface area contributed by atoms with Gasteiger partial charge in [-0.15, -0.1) is 0 Å². The fourth-order valence-electron chi connectivity index (χ4n) is 1.31. The molecule has 16 heavy (non-hydrogen) atoms. The molecule has 0 rings (SSSR count). The van der Waals surface area contributed by atoms with E-state index in [1.165, 1.54) is 0 Å². The van der Waals surface area contributed by atoms with Crippen molar-refractivity contribution < 1.29 is 24.2 Å². The summed E-state index contributed by atoms with van der Waals surface area (Å²) in [5.74, 6) is -1.66. The molecule has 0 bridgehead atoms.